The molecule has 3 atom stereocenters. The third kappa shape index (κ3) is 4.00. The van der Waals surface area contributed by atoms with Gasteiger partial charge < -0.3 is 10.4 Å². The number of rotatable bonds is 3. The third-order valence-corrected chi connectivity index (χ3v) is 5.20. The van der Waals surface area contributed by atoms with Gasteiger partial charge in [-0.3, -0.25) is 0 Å². The largest absolute Gasteiger partial charge is 0.391 e. The summed E-state index contributed by atoms with van der Waals surface area (Å²) >= 11 is 0. The Morgan fingerprint density at radius 1 is 0.952 bits per heavy atom. The summed E-state index contributed by atoms with van der Waals surface area (Å²) < 4.78 is 0. The van der Waals surface area contributed by atoms with E-state index in [0.29, 0.717) is 5.92 Å². The van der Waals surface area contributed by atoms with Crippen molar-refractivity contribution in [1.82, 2.24) is 5.32 Å². The molecule has 0 spiro atoms. The second-order valence-electron chi connectivity index (χ2n) is 6.52. The van der Waals surface area contributed by atoms with Crippen LogP contribution in [-0.2, 0) is 0 Å². The number of aliphatic hydroxyl groups is 1. The highest BCUT2D eigenvalue weighted by Gasteiger charge is 2.36. The standard InChI is InChI=1S/C18H27NO.ClH/c20-16-12-7-13-19-18(16)17(14-8-3-1-4-9-14)15-10-5-2-6-11-15;/h1,3-4,8-9,15-20H,2,5-7,10-13H2;1H. The van der Waals surface area contributed by atoms with E-state index >= 15 is 0 Å². The summed E-state index contributed by atoms with van der Waals surface area (Å²) in [5, 5.41) is 14.1. The van der Waals surface area contributed by atoms with Crippen LogP contribution in [0.25, 0.3) is 0 Å². The summed E-state index contributed by atoms with van der Waals surface area (Å²) in [4.78, 5) is 0. The van der Waals surface area contributed by atoms with Gasteiger partial charge in [0.2, 0.25) is 0 Å². The molecule has 3 unspecified atom stereocenters. The van der Waals surface area contributed by atoms with Crippen molar-refractivity contribution in [2.75, 3.05) is 6.54 Å². The lowest BCUT2D eigenvalue weighted by molar-refractivity contribution is 0.0665. The molecule has 0 radical (unpaired) electrons. The molecule has 1 heterocycles. The lowest BCUT2D eigenvalue weighted by Crippen LogP contribution is -2.50. The Hall–Kier alpha value is -0.570. The molecule has 1 saturated heterocycles. The van der Waals surface area contributed by atoms with Gasteiger partial charge in [-0.05, 0) is 43.7 Å². The number of benzene rings is 1. The highest BCUT2D eigenvalue weighted by atomic mass is 35.5. The van der Waals surface area contributed by atoms with Gasteiger partial charge in [0.15, 0.2) is 0 Å². The molecule has 1 aliphatic carbocycles. The summed E-state index contributed by atoms with van der Waals surface area (Å²) in [6, 6.07) is 11.1. The molecule has 2 N–H and O–H groups in total. The molecule has 1 aromatic carbocycles. The normalized spacial score (nSPS) is 28.6. The number of hydrogen-bond donors (Lipinski definition) is 2. The number of aliphatic hydroxyl groups excluding tert-OH is 1. The first kappa shape index (κ1) is 16.8. The lowest BCUT2D eigenvalue weighted by Gasteiger charge is -2.41. The summed E-state index contributed by atoms with van der Waals surface area (Å²) in [6.45, 7) is 1.05. The molecule has 2 fully saturated rings. The van der Waals surface area contributed by atoms with E-state index in [1.165, 1.54) is 37.7 Å². The predicted molar refractivity (Wildman–Crippen MR) is 90.0 cm³/mol. The predicted octanol–water partition coefficient (Wildman–Crippen LogP) is 3.89. The maximum Gasteiger partial charge on any atom is 0.0699 e. The van der Waals surface area contributed by atoms with Crippen LogP contribution in [0.1, 0.15) is 56.4 Å². The van der Waals surface area contributed by atoms with Crippen molar-refractivity contribution in [2.24, 2.45) is 5.92 Å². The van der Waals surface area contributed by atoms with Gasteiger partial charge in [-0.15, -0.1) is 12.4 Å². The van der Waals surface area contributed by atoms with Crippen LogP contribution in [0, 0.1) is 5.92 Å². The first-order valence-corrected chi connectivity index (χ1v) is 8.32. The lowest BCUT2D eigenvalue weighted by atomic mass is 9.71. The SMILES string of the molecule is Cl.OC1CCCNC1C(c1ccccc1)C1CCCCC1. The molecule has 3 rings (SSSR count). The first-order chi connectivity index (χ1) is 9.86. The van der Waals surface area contributed by atoms with Crippen molar-refractivity contribution in [3.8, 4) is 0 Å². The zero-order valence-electron chi connectivity index (χ0n) is 12.7. The average Bonchev–Trinajstić information content (AvgIpc) is 2.52. The zero-order chi connectivity index (χ0) is 13.8. The Kier molecular flexibility index (Phi) is 6.53. The average molecular weight is 310 g/mol. The van der Waals surface area contributed by atoms with Crippen LogP contribution in [0.15, 0.2) is 30.3 Å². The maximum absolute atomic E-state index is 10.5. The van der Waals surface area contributed by atoms with E-state index in [0.717, 1.165) is 25.3 Å². The number of halogens is 1. The van der Waals surface area contributed by atoms with E-state index in [4.69, 9.17) is 0 Å². The van der Waals surface area contributed by atoms with Gasteiger partial charge in [-0.1, -0.05) is 49.6 Å². The van der Waals surface area contributed by atoms with Crippen LogP contribution in [0.4, 0.5) is 0 Å². The summed E-state index contributed by atoms with van der Waals surface area (Å²) in [5.74, 6) is 1.21. The van der Waals surface area contributed by atoms with Gasteiger partial charge in [0.05, 0.1) is 6.10 Å². The fourth-order valence-electron chi connectivity index (χ4n) is 4.20. The molecule has 2 aliphatic rings. The monoisotopic (exact) mass is 309 g/mol. The molecular formula is C18H28ClNO. The molecular weight excluding hydrogens is 282 g/mol. The van der Waals surface area contributed by atoms with Crippen molar-refractivity contribution < 1.29 is 5.11 Å². The fraction of sp³-hybridized carbons (Fsp3) is 0.667. The van der Waals surface area contributed by atoms with Crippen LogP contribution in [-0.4, -0.2) is 23.8 Å². The molecule has 2 nitrogen and oxygen atoms in total. The quantitative estimate of drug-likeness (QED) is 0.888. The van der Waals surface area contributed by atoms with Crippen molar-refractivity contribution in [2.45, 2.75) is 63.0 Å². The van der Waals surface area contributed by atoms with E-state index in [1.54, 1.807) is 0 Å². The van der Waals surface area contributed by atoms with Gasteiger partial charge in [-0.2, -0.15) is 0 Å². The van der Waals surface area contributed by atoms with Crippen molar-refractivity contribution in [1.29, 1.82) is 0 Å². The molecule has 0 aromatic heterocycles. The minimum atomic E-state index is -0.184. The highest BCUT2D eigenvalue weighted by molar-refractivity contribution is 5.85. The van der Waals surface area contributed by atoms with E-state index < -0.39 is 0 Å². The van der Waals surface area contributed by atoms with Gasteiger partial charge in [0, 0.05) is 12.0 Å². The van der Waals surface area contributed by atoms with E-state index in [9.17, 15) is 5.11 Å². The van der Waals surface area contributed by atoms with E-state index in [1.807, 2.05) is 0 Å². The van der Waals surface area contributed by atoms with Crippen molar-refractivity contribution in [3.63, 3.8) is 0 Å². The van der Waals surface area contributed by atoms with E-state index in [-0.39, 0.29) is 24.6 Å². The van der Waals surface area contributed by atoms with Crippen LogP contribution < -0.4 is 5.32 Å². The number of piperidine rings is 1. The fourth-order valence-corrected chi connectivity index (χ4v) is 4.20. The van der Waals surface area contributed by atoms with Gasteiger partial charge >= 0.3 is 0 Å². The third-order valence-electron chi connectivity index (χ3n) is 5.20. The van der Waals surface area contributed by atoms with Gasteiger partial charge in [-0.25, -0.2) is 0 Å². The summed E-state index contributed by atoms with van der Waals surface area (Å²) in [5.41, 5.74) is 1.41. The topological polar surface area (TPSA) is 32.3 Å². The molecule has 1 saturated carbocycles. The first-order valence-electron chi connectivity index (χ1n) is 8.32. The van der Waals surface area contributed by atoms with Crippen LogP contribution in [0.5, 0.6) is 0 Å². The second kappa shape index (κ2) is 8.17. The van der Waals surface area contributed by atoms with Gasteiger partial charge in [0.25, 0.3) is 0 Å². The molecule has 118 valence electrons. The van der Waals surface area contributed by atoms with Crippen LogP contribution in [0.2, 0.25) is 0 Å². The molecule has 0 amide bonds. The van der Waals surface area contributed by atoms with Crippen molar-refractivity contribution >= 4 is 12.4 Å². The Morgan fingerprint density at radius 3 is 2.33 bits per heavy atom. The Bertz CT molecular complexity index is 405. The van der Waals surface area contributed by atoms with Crippen LogP contribution in [0.3, 0.4) is 0 Å². The van der Waals surface area contributed by atoms with Gasteiger partial charge in [0.1, 0.15) is 0 Å². The minimum absolute atomic E-state index is 0. The molecule has 21 heavy (non-hydrogen) atoms. The maximum atomic E-state index is 10.5. The zero-order valence-corrected chi connectivity index (χ0v) is 13.5. The van der Waals surface area contributed by atoms with Crippen LogP contribution >= 0.6 is 12.4 Å². The molecule has 1 aliphatic heterocycles. The summed E-state index contributed by atoms with van der Waals surface area (Å²) in [7, 11) is 0. The van der Waals surface area contributed by atoms with E-state index in [2.05, 4.69) is 35.6 Å². The smallest absolute Gasteiger partial charge is 0.0699 e. The molecule has 0 bridgehead atoms. The Labute approximate surface area is 134 Å². The number of nitrogens with one attached hydrogen (secondary N) is 1. The summed E-state index contributed by atoms with van der Waals surface area (Å²) in [6.07, 6.45) is 8.62. The Morgan fingerprint density at radius 2 is 1.67 bits per heavy atom. The Balaban J connectivity index is 0.00000161. The highest BCUT2D eigenvalue weighted by Crippen LogP contribution is 2.40. The molecule has 3 heteroatoms. The number of hydrogen-bond acceptors (Lipinski definition) is 2. The minimum Gasteiger partial charge on any atom is -0.391 e. The second-order valence-corrected chi connectivity index (χ2v) is 6.52. The van der Waals surface area contributed by atoms with Crippen molar-refractivity contribution in [3.05, 3.63) is 35.9 Å². The molecule has 1 aromatic rings.